The predicted molar refractivity (Wildman–Crippen MR) is 74.8 cm³/mol. The fourth-order valence-corrected chi connectivity index (χ4v) is 2.40. The first-order valence-corrected chi connectivity index (χ1v) is 6.80. The van der Waals surface area contributed by atoms with Crippen LogP contribution in [-0.2, 0) is 11.3 Å². The quantitative estimate of drug-likeness (QED) is 0.857. The number of ether oxygens (including phenoxy) is 3. The minimum Gasteiger partial charge on any atom is -0.497 e. The van der Waals surface area contributed by atoms with E-state index in [2.05, 4.69) is 12.2 Å². The third-order valence-corrected chi connectivity index (χ3v) is 3.63. The summed E-state index contributed by atoms with van der Waals surface area (Å²) in [4.78, 5) is 0. The van der Waals surface area contributed by atoms with E-state index in [-0.39, 0.29) is 0 Å². The molecule has 2 atom stereocenters. The second kappa shape index (κ2) is 6.78. The maximum absolute atomic E-state index is 5.68. The lowest BCUT2D eigenvalue weighted by molar-refractivity contribution is 0.0831. The molecule has 0 bridgehead atoms. The molecular weight excluding hydrogens is 242 g/mol. The van der Waals surface area contributed by atoms with Crippen molar-refractivity contribution in [2.45, 2.75) is 38.5 Å². The van der Waals surface area contributed by atoms with Crippen molar-refractivity contribution in [3.63, 3.8) is 0 Å². The summed E-state index contributed by atoms with van der Waals surface area (Å²) in [6.07, 6.45) is 2.65. The van der Waals surface area contributed by atoms with Crippen LogP contribution in [-0.4, -0.2) is 33.0 Å². The van der Waals surface area contributed by atoms with Crippen LogP contribution in [0.25, 0.3) is 0 Å². The van der Waals surface area contributed by atoms with Gasteiger partial charge in [0.15, 0.2) is 0 Å². The van der Waals surface area contributed by atoms with Gasteiger partial charge in [0.05, 0.1) is 20.3 Å². The van der Waals surface area contributed by atoms with E-state index >= 15 is 0 Å². The van der Waals surface area contributed by atoms with Gasteiger partial charge in [-0.1, -0.05) is 6.07 Å². The molecule has 1 heterocycles. The topological polar surface area (TPSA) is 39.7 Å². The summed E-state index contributed by atoms with van der Waals surface area (Å²) in [6, 6.07) is 6.26. The van der Waals surface area contributed by atoms with Crippen LogP contribution < -0.4 is 14.8 Å². The summed E-state index contributed by atoms with van der Waals surface area (Å²) < 4.78 is 16.3. The Bertz CT molecular complexity index is 402. The molecule has 4 heteroatoms. The highest BCUT2D eigenvalue weighted by atomic mass is 16.5. The van der Waals surface area contributed by atoms with Crippen LogP contribution in [0.5, 0.6) is 11.5 Å². The van der Waals surface area contributed by atoms with Crippen molar-refractivity contribution in [1.82, 2.24) is 5.32 Å². The summed E-state index contributed by atoms with van der Waals surface area (Å²) in [5, 5.41) is 3.51. The maximum atomic E-state index is 5.68. The molecule has 1 aromatic rings. The van der Waals surface area contributed by atoms with Crippen LogP contribution >= 0.6 is 0 Å². The van der Waals surface area contributed by atoms with Crippen molar-refractivity contribution < 1.29 is 14.2 Å². The van der Waals surface area contributed by atoms with Gasteiger partial charge in [-0.05, 0) is 25.8 Å². The standard InChI is InChI=1S/C15H23NO3/c1-11(14-5-4-8-19-14)16-10-12-6-7-13(17-2)9-15(12)18-3/h6-7,9,11,14,16H,4-5,8,10H2,1-3H3/t11-,14-/m0/s1. The Balaban J connectivity index is 1.94. The Kier molecular flexibility index (Phi) is 5.05. The van der Waals surface area contributed by atoms with Crippen LogP contribution in [0, 0.1) is 0 Å². The van der Waals surface area contributed by atoms with E-state index < -0.39 is 0 Å². The molecular formula is C15H23NO3. The van der Waals surface area contributed by atoms with E-state index in [1.807, 2.05) is 18.2 Å². The van der Waals surface area contributed by atoms with Crippen LogP contribution in [0.4, 0.5) is 0 Å². The lowest BCUT2D eigenvalue weighted by atomic mass is 10.1. The highest BCUT2D eigenvalue weighted by Crippen LogP contribution is 2.25. The molecule has 106 valence electrons. The first kappa shape index (κ1) is 14.2. The van der Waals surface area contributed by atoms with E-state index in [1.165, 1.54) is 6.42 Å². The summed E-state index contributed by atoms with van der Waals surface area (Å²) >= 11 is 0. The number of rotatable bonds is 6. The smallest absolute Gasteiger partial charge is 0.127 e. The van der Waals surface area contributed by atoms with Crippen molar-refractivity contribution in [3.05, 3.63) is 23.8 Å². The molecule has 1 fully saturated rings. The fraction of sp³-hybridized carbons (Fsp3) is 0.600. The Hall–Kier alpha value is -1.26. The van der Waals surface area contributed by atoms with Crippen LogP contribution in [0.2, 0.25) is 0 Å². The molecule has 0 aromatic heterocycles. The number of methoxy groups -OCH3 is 2. The van der Waals surface area contributed by atoms with Gasteiger partial charge in [-0.25, -0.2) is 0 Å². The van der Waals surface area contributed by atoms with E-state index in [0.717, 1.165) is 36.6 Å². The average molecular weight is 265 g/mol. The minimum atomic E-state index is 0.337. The van der Waals surface area contributed by atoms with Gasteiger partial charge < -0.3 is 19.5 Å². The van der Waals surface area contributed by atoms with Gasteiger partial charge in [0.2, 0.25) is 0 Å². The molecule has 1 aliphatic rings. The van der Waals surface area contributed by atoms with Crippen molar-refractivity contribution in [2.24, 2.45) is 0 Å². The second-order valence-corrected chi connectivity index (χ2v) is 4.90. The molecule has 1 N–H and O–H groups in total. The van der Waals surface area contributed by atoms with Gasteiger partial charge in [-0.2, -0.15) is 0 Å². The molecule has 2 rings (SSSR count). The zero-order valence-corrected chi connectivity index (χ0v) is 11.9. The molecule has 0 saturated carbocycles. The Labute approximate surface area is 115 Å². The van der Waals surface area contributed by atoms with Gasteiger partial charge in [0.25, 0.3) is 0 Å². The van der Waals surface area contributed by atoms with Crippen molar-refractivity contribution in [1.29, 1.82) is 0 Å². The van der Waals surface area contributed by atoms with Crippen LogP contribution in [0.1, 0.15) is 25.3 Å². The normalized spacial score (nSPS) is 20.3. The van der Waals surface area contributed by atoms with Crippen LogP contribution in [0.15, 0.2) is 18.2 Å². The highest BCUT2D eigenvalue weighted by molar-refractivity contribution is 5.40. The molecule has 0 unspecified atom stereocenters. The molecule has 1 saturated heterocycles. The summed E-state index contributed by atoms with van der Waals surface area (Å²) in [5.41, 5.74) is 1.13. The molecule has 0 spiro atoms. The van der Waals surface area contributed by atoms with Crippen molar-refractivity contribution >= 4 is 0 Å². The first-order chi connectivity index (χ1) is 9.24. The zero-order valence-electron chi connectivity index (χ0n) is 11.9. The summed E-state index contributed by atoms with van der Waals surface area (Å²) in [5.74, 6) is 1.67. The molecule has 0 amide bonds. The molecule has 0 radical (unpaired) electrons. The van der Waals surface area contributed by atoms with E-state index in [4.69, 9.17) is 14.2 Å². The zero-order chi connectivity index (χ0) is 13.7. The molecule has 1 aromatic carbocycles. The summed E-state index contributed by atoms with van der Waals surface area (Å²) in [6.45, 7) is 3.84. The lowest BCUT2D eigenvalue weighted by Gasteiger charge is -2.20. The fourth-order valence-electron chi connectivity index (χ4n) is 2.40. The lowest BCUT2D eigenvalue weighted by Crippen LogP contribution is -2.36. The average Bonchev–Trinajstić information content (AvgIpc) is 2.98. The van der Waals surface area contributed by atoms with Gasteiger partial charge in [-0.15, -0.1) is 0 Å². The first-order valence-electron chi connectivity index (χ1n) is 6.80. The number of hydrogen-bond acceptors (Lipinski definition) is 4. The Morgan fingerprint density at radius 1 is 1.37 bits per heavy atom. The minimum absolute atomic E-state index is 0.337. The number of nitrogens with one attached hydrogen (secondary N) is 1. The Morgan fingerprint density at radius 3 is 2.84 bits per heavy atom. The van der Waals surface area contributed by atoms with Gasteiger partial charge >= 0.3 is 0 Å². The molecule has 19 heavy (non-hydrogen) atoms. The van der Waals surface area contributed by atoms with E-state index in [1.54, 1.807) is 14.2 Å². The molecule has 1 aliphatic heterocycles. The van der Waals surface area contributed by atoms with Gasteiger partial charge in [0, 0.05) is 30.8 Å². The largest absolute Gasteiger partial charge is 0.497 e. The van der Waals surface area contributed by atoms with Crippen LogP contribution in [0.3, 0.4) is 0 Å². The number of benzene rings is 1. The van der Waals surface area contributed by atoms with Crippen molar-refractivity contribution in [3.8, 4) is 11.5 Å². The maximum Gasteiger partial charge on any atom is 0.127 e. The van der Waals surface area contributed by atoms with Gasteiger partial charge in [0.1, 0.15) is 11.5 Å². The third-order valence-electron chi connectivity index (χ3n) is 3.63. The molecule has 4 nitrogen and oxygen atoms in total. The second-order valence-electron chi connectivity index (χ2n) is 4.90. The van der Waals surface area contributed by atoms with Gasteiger partial charge in [-0.3, -0.25) is 0 Å². The highest BCUT2D eigenvalue weighted by Gasteiger charge is 2.22. The SMILES string of the molecule is COc1ccc(CN[C@@H](C)[C@@H]2CCCO2)c(OC)c1. The summed E-state index contributed by atoms with van der Waals surface area (Å²) in [7, 11) is 3.34. The predicted octanol–water partition coefficient (Wildman–Crippen LogP) is 2.36. The third kappa shape index (κ3) is 3.61. The molecule has 0 aliphatic carbocycles. The monoisotopic (exact) mass is 265 g/mol. The van der Waals surface area contributed by atoms with E-state index in [0.29, 0.717) is 12.1 Å². The Morgan fingerprint density at radius 2 is 2.21 bits per heavy atom. The number of hydrogen-bond donors (Lipinski definition) is 1. The van der Waals surface area contributed by atoms with E-state index in [9.17, 15) is 0 Å². The van der Waals surface area contributed by atoms with Crippen molar-refractivity contribution in [2.75, 3.05) is 20.8 Å².